The number of aromatic amines is 1. The molecule has 0 saturated heterocycles. The zero-order chi connectivity index (χ0) is 10.6. The van der Waals surface area contributed by atoms with E-state index in [2.05, 4.69) is 15.6 Å². The Morgan fingerprint density at radius 1 is 1.44 bits per heavy atom. The first-order valence-electron chi connectivity index (χ1n) is 4.27. The summed E-state index contributed by atoms with van der Waals surface area (Å²) in [4.78, 5) is 24.6. The minimum Gasteiger partial charge on any atom is -0.327 e. The molecule has 3 N–H and O–H groups in total. The van der Waals surface area contributed by atoms with Gasteiger partial charge in [-0.1, -0.05) is 0 Å². The molecule has 16 heavy (non-hydrogen) atoms. The number of aromatic nitrogens is 1. The van der Waals surface area contributed by atoms with Crippen molar-refractivity contribution in [3.8, 4) is 0 Å². The molecular weight excluding hydrogens is 253 g/mol. The summed E-state index contributed by atoms with van der Waals surface area (Å²) in [6.45, 7) is 2.02. The van der Waals surface area contributed by atoms with Crippen LogP contribution in [-0.2, 0) is 4.79 Å². The molecule has 0 aliphatic carbocycles. The SMILES string of the molecule is CNCC(=O)Nc1c[nH]c(=O)cc1C.Cl.Cl. The number of hydrogen-bond donors (Lipinski definition) is 3. The summed E-state index contributed by atoms with van der Waals surface area (Å²) in [5.74, 6) is -0.136. The third-order valence-corrected chi connectivity index (χ3v) is 1.74. The molecule has 1 amide bonds. The van der Waals surface area contributed by atoms with Crippen LogP contribution in [0.3, 0.4) is 0 Å². The molecule has 0 spiro atoms. The minimum atomic E-state index is -0.172. The molecule has 0 unspecified atom stereocenters. The average Bonchev–Trinajstić information content (AvgIpc) is 2.10. The maximum absolute atomic E-state index is 11.2. The van der Waals surface area contributed by atoms with E-state index in [1.807, 2.05) is 0 Å². The molecule has 1 aromatic rings. The van der Waals surface area contributed by atoms with Crippen LogP contribution in [0, 0.1) is 6.92 Å². The van der Waals surface area contributed by atoms with Crippen LogP contribution in [0.15, 0.2) is 17.1 Å². The summed E-state index contributed by atoms with van der Waals surface area (Å²) >= 11 is 0. The van der Waals surface area contributed by atoms with E-state index in [1.54, 1.807) is 14.0 Å². The number of hydrogen-bond acceptors (Lipinski definition) is 3. The van der Waals surface area contributed by atoms with Gasteiger partial charge in [-0.05, 0) is 19.5 Å². The van der Waals surface area contributed by atoms with Crippen LogP contribution < -0.4 is 16.2 Å². The van der Waals surface area contributed by atoms with Gasteiger partial charge in [0.1, 0.15) is 0 Å². The highest BCUT2D eigenvalue weighted by Gasteiger charge is 2.03. The minimum absolute atomic E-state index is 0. The van der Waals surface area contributed by atoms with Gasteiger partial charge in [-0.2, -0.15) is 0 Å². The molecule has 0 saturated carbocycles. The van der Waals surface area contributed by atoms with Gasteiger partial charge in [0.25, 0.3) is 0 Å². The fourth-order valence-electron chi connectivity index (χ4n) is 1.06. The summed E-state index contributed by atoms with van der Waals surface area (Å²) in [5, 5.41) is 5.40. The highest BCUT2D eigenvalue weighted by molar-refractivity contribution is 5.92. The van der Waals surface area contributed by atoms with Gasteiger partial charge in [-0.25, -0.2) is 0 Å². The molecule has 1 aromatic heterocycles. The number of aryl methyl sites for hydroxylation is 1. The number of rotatable bonds is 3. The van der Waals surface area contributed by atoms with Crippen molar-refractivity contribution < 1.29 is 4.79 Å². The second-order valence-corrected chi connectivity index (χ2v) is 2.97. The summed E-state index contributed by atoms with van der Waals surface area (Å²) in [7, 11) is 1.69. The van der Waals surface area contributed by atoms with Gasteiger partial charge < -0.3 is 15.6 Å². The van der Waals surface area contributed by atoms with E-state index >= 15 is 0 Å². The quantitative estimate of drug-likeness (QED) is 0.755. The first-order valence-corrected chi connectivity index (χ1v) is 4.27. The van der Waals surface area contributed by atoms with E-state index in [1.165, 1.54) is 12.3 Å². The van der Waals surface area contributed by atoms with E-state index in [0.717, 1.165) is 5.56 Å². The molecule has 5 nitrogen and oxygen atoms in total. The molecule has 0 aliphatic heterocycles. The van der Waals surface area contributed by atoms with E-state index in [-0.39, 0.29) is 42.8 Å². The highest BCUT2D eigenvalue weighted by atomic mass is 35.5. The molecular formula is C9H15Cl2N3O2. The van der Waals surface area contributed by atoms with Crippen molar-refractivity contribution in [3.63, 3.8) is 0 Å². The summed E-state index contributed by atoms with van der Waals surface area (Å²) in [5.41, 5.74) is 1.21. The smallest absolute Gasteiger partial charge is 0.248 e. The van der Waals surface area contributed by atoms with Gasteiger partial charge in [-0.3, -0.25) is 9.59 Å². The average molecular weight is 268 g/mol. The lowest BCUT2D eigenvalue weighted by molar-refractivity contribution is -0.115. The maximum Gasteiger partial charge on any atom is 0.248 e. The van der Waals surface area contributed by atoms with E-state index < -0.39 is 0 Å². The largest absolute Gasteiger partial charge is 0.327 e. The standard InChI is InChI=1S/C9H13N3O2.2ClH/c1-6-3-8(13)11-4-7(6)12-9(14)5-10-2;;/h3-4,10H,5H2,1-2H3,(H,11,13)(H,12,14);2*1H. The Hall–Kier alpha value is -1.04. The zero-order valence-electron chi connectivity index (χ0n) is 8.99. The topological polar surface area (TPSA) is 74.0 Å². The van der Waals surface area contributed by atoms with Crippen molar-refractivity contribution in [2.24, 2.45) is 0 Å². The van der Waals surface area contributed by atoms with E-state index in [0.29, 0.717) is 5.69 Å². The van der Waals surface area contributed by atoms with Crippen LogP contribution in [0.4, 0.5) is 5.69 Å². The van der Waals surface area contributed by atoms with Crippen LogP contribution in [0.1, 0.15) is 5.56 Å². The Morgan fingerprint density at radius 2 is 2.06 bits per heavy atom. The molecule has 1 heterocycles. The molecule has 7 heteroatoms. The molecule has 0 aromatic carbocycles. The molecule has 0 fully saturated rings. The van der Waals surface area contributed by atoms with E-state index in [9.17, 15) is 9.59 Å². The van der Waals surface area contributed by atoms with Crippen LogP contribution in [0.25, 0.3) is 0 Å². The van der Waals surface area contributed by atoms with Gasteiger partial charge in [0.15, 0.2) is 0 Å². The Morgan fingerprint density at radius 3 is 2.56 bits per heavy atom. The van der Waals surface area contributed by atoms with Gasteiger partial charge in [0.2, 0.25) is 11.5 Å². The number of carbonyl (C=O) groups excluding carboxylic acids is 1. The monoisotopic (exact) mass is 267 g/mol. The van der Waals surface area contributed by atoms with Crippen molar-refractivity contribution in [3.05, 3.63) is 28.2 Å². The number of nitrogens with one attached hydrogen (secondary N) is 3. The summed E-state index contributed by atoms with van der Waals surface area (Å²) < 4.78 is 0. The van der Waals surface area contributed by atoms with Crippen LogP contribution in [0.2, 0.25) is 0 Å². The number of pyridine rings is 1. The van der Waals surface area contributed by atoms with Crippen LogP contribution in [0.5, 0.6) is 0 Å². The number of H-pyrrole nitrogens is 1. The Bertz CT molecular complexity index is 393. The number of carbonyl (C=O) groups is 1. The lowest BCUT2D eigenvalue weighted by Gasteiger charge is -2.06. The van der Waals surface area contributed by atoms with Crippen molar-refractivity contribution in [2.45, 2.75) is 6.92 Å². The number of anilines is 1. The summed E-state index contributed by atoms with van der Waals surface area (Å²) in [6, 6.07) is 1.44. The number of amides is 1. The number of likely N-dealkylation sites (N-methyl/N-ethyl adjacent to an activating group) is 1. The first kappa shape index (κ1) is 17.4. The third kappa shape index (κ3) is 5.16. The second kappa shape index (κ2) is 8.15. The summed E-state index contributed by atoms with van der Waals surface area (Å²) in [6.07, 6.45) is 1.49. The van der Waals surface area contributed by atoms with E-state index in [4.69, 9.17) is 0 Å². The molecule has 0 bridgehead atoms. The van der Waals surface area contributed by atoms with Crippen molar-refractivity contribution in [1.82, 2.24) is 10.3 Å². The van der Waals surface area contributed by atoms with Crippen LogP contribution >= 0.6 is 24.8 Å². The lowest BCUT2D eigenvalue weighted by atomic mass is 10.2. The van der Waals surface area contributed by atoms with Crippen LogP contribution in [-0.4, -0.2) is 24.5 Å². The van der Waals surface area contributed by atoms with Crippen molar-refractivity contribution in [1.29, 1.82) is 0 Å². The fraction of sp³-hybridized carbons (Fsp3) is 0.333. The van der Waals surface area contributed by atoms with Gasteiger partial charge in [-0.15, -0.1) is 24.8 Å². The molecule has 92 valence electrons. The normalized spacial score (nSPS) is 8.62. The first-order chi connectivity index (χ1) is 6.63. The molecule has 1 rings (SSSR count). The van der Waals surface area contributed by atoms with Gasteiger partial charge >= 0.3 is 0 Å². The predicted molar refractivity (Wildman–Crippen MR) is 68.9 cm³/mol. The predicted octanol–water partition coefficient (Wildman–Crippen LogP) is 0.685. The zero-order valence-corrected chi connectivity index (χ0v) is 10.6. The Labute approximate surface area is 106 Å². The second-order valence-electron chi connectivity index (χ2n) is 2.97. The molecule has 0 radical (unpaired) electrons. The molecule has 0 atom stereocenters. The Kier molecular flexibility index (Phi) is 8.84. The van der Waals surface area contributed by atoms with Crippen molar-refractivity contribution in [2.75, 3.05) is 18.9 Å². The molecule has 0 aliphatic rings. The van der Waals surface area contributed by atoms with Crippen molar-refractivity contribution >= 4 is 36.4 Å². The maximum atomic E-state index is 11.2. The third-order valence-electron chi connectivity index (χ3n) is 1.74. The fourth-order valence-corrected chi connectivity index (χ4v) is 1.06. The van der Waals surface area contributed by atoms with Gasteiger partial charge in [0, 0.05) is 12.3 Å². The Balaban J connectivity index is 0. The highest BCUT2D eigenvalue weighted by Crippen LogP contribution is 2.08. The van der Waals surface area contributed by atoms with Gasteiger partial charge in [0.05, 0.1) is 12.2 Å². The number of halogens is 2. The lowest BCUT2D eigenvalue weighted by Crippen LogP contribution is -2.25.